The number of hydrogen-bond donors (Lipinski definition) is 3. The number of hydrogen-bond acceptors (Lipinski definition) is 4. The van der Waals surface area contributed by atoms with E-state index in [1.807, 2.05) is 0 Å². The molecule has 17 heavy (non-hydrogen) atoms. The molecule has 1 atom stereocenters. The van der Waals surface area contributed by atoms with Crippen molar-refractivity contribution in [2.24, 2.45) is 0 Å². The van der Waals surface area contributed by atoms with E-state index in [9.17, 15) is 8.42 Å². The highest BCUT2D eigenvalue weighted by Gasteiger charge is 2.11. The van der Waals surface area contributed by atoms with E-state index < -0.39 is 16.1 Å². The van der Waals surface area contributed by atoms with Crippen LogP contribution >= 0.6 is 0 Å². The van der Waals surface area contributed by atoms with Crippen LogP contribution in [0.4, 0.5) is 5.69 Å². The molecule has 1 aromatic rings. The van der Waals surface area contributed by atoms with Gasteiger partial charge in [0.05, 0.1) is 11.9 Å². The molecule has 0 heterocycles. The number of rotatable bonds is 6. The fraction of sp³-hybridized carbons (Fsp3) is 0.455. The largest absolute Gasteiger partial charge is 0.399 e. The summed E-state index contributed by atoms with van der Waals surface area (Å²) in [6, 6.07) is 6.77. The summed E-state index contributed by atoms with van der Waals surface area (Å²) in [5.41, 5.74) is 6.76. The van der Waals surface area contributed by atoms with Gasteiger partial charge in [-0.2, -0.15) is 0 Å². The standard InChI is InChI=1S/C11H18N2O3S/c1-9(14)5-6-13-17(15,16)8-10-3-2-4-11(12)7-10/h2-4,7,9,13-14H,5-6,8,12H2,1H3. The van der Waals surface area contributed by atoms with E-state index in [1.165, 1.54) is 0 Å². The molecule has 0 fully saturated rings. The molecule has 0 aliphatic carbocycles. The summed E-state index contributed by atoms with van der Waals surface area (Å²) in [6.07, 6.45) is -0.110. The summed E-state index contributed by atoms with van der Waals surface area (Å²) < 4.78 is 25.7. The molecular weight excluding hydrogens is 240 g/mol. The second-order valence-corrected chi connectivity index (χ2v) is 5.84. The van der Waals surface area contributed by atoms with Crippen molar-refractivity contribution < 1.29 is 13.5 Å². The van der Waals surface area contributed by atoms with Gasteiger partial charge in [0.25, 0.3) is 0 Å². The quantitative estimate of drug-likeness (QED) is 0.646. The molecule has 0 aromatic heterocycles. The number of nitrogens with two attached hydrogens (primary N) is 1. The van der Waals surface area contributed by atoms with Crippen molar-refractivity contribution in [3.63, 3.8) is 0 Å². The van der Waals surface area contributed by atoms with Crippen LogP contribution in [0.15, 0.2) is 24.3 Å². The Labute approximate surface area is 102 Å². The monoisotopic (exact) mass is 258 g/mol. The maximum Gasteiger partial charge on any atom is 0.215 e. The second kappa shape index (κ2) is 6.00. The number of nitrogen functional groups attached to an aromatic ring is 1. The molecule has 1 rings (SSSR count). The summed E-state index contributed by atoms with van der Waals surface area (Å²) in [5.74, 6) is -0.0994. The Kier molecular flexibility index (Phi) is 4.92. The molecule has 0 saturated heterocycles. The van der Waals surface area contributed by atoms with Crippen LogP contribution in [0, 0.1) is 0 Å². The molecule has 5 nitrogen and oxygen atoms in total. The zero-order chi connectivity index (χ0) is 12.9. The summed E-state index contributed by atoms with van der Waals surface area (Å²) in [4.78, 5) is 0. The van der Waals surface area contributed by atoms with Crippen LogP contribution < -0.4 is 10.5 Å². The molecule has 0 amide bonds. The average Bonchev–Trinajstić information content (AvgIpc) is 2.15. The Morgan fingerprint density at radius 2 is 2.18 bits per heavy atom. The summed E-state index contributed by atoms with van der Waals surface area (Å²) in [6.45, 7) is 1.86. The molecule has 0 saturated carbocycles. The SMILES string of the molecule is CC(O)CCNS(=O)(=O)Cc1cccc(N)c1. The average molecular weight is 258 g/mol. The number of benzene rings is 1. The third-order valence-corrected chi connectivity index (χ3v) is 3.55. The van der Waals surface area contributed by atoms with E-state index >= 15 is 0 Å². The number of sulfonamides is 1. The zero-order valence-corrected chi connectivity index (χ0v) is 10.6. The Balaban J connectivity index is 2.55. The van der Waals surface area contributed by atoms with Crippen LogP contribution in [0.5, 0.6) is 0 Å². The first kappa shape index (κ1) is 14.0. The van der Waals surface area contributed by atoms with Crippen LogP contribution in [-0.4, -0.2) is 26.2 Å². The molecule has 0 aliphatic heterocycles. The lowest BCUT2D eigenvalue weighted by Gasteiger charge is -2.08. The maximum atomic E-state index is 11.7. The Morgan fingerprint density at radius 1 is 1.47 bits per heavy atom. The third kappa shape index (κ3) is 5.67. The topological polar surface area (TPSA) is 92.4 Å². The predicted octanol–water partition coefficient (Wildman–Crippen LogP) is 0.459. The van der Waals surface area contributed by atoms with Gasteiger partial charge in [-0.1, -0.05) is 12.1 Å². The molecule has 0 bridgehead atoms. The minimum Gasteiger partial charge on any atom is -0.399 e. The second-order valence-electron chi connectivity index (χ2n) is 4.04. The molecular formula is C11H18N2O3S. The highest BCUT2D eigenvalue weighted by Crippen LogP contribution is 2.09. The van der Waals surface area contributed by atoms with Gasteiger partial charge >= 0.3 is 0 Å². The summed E-state index contributed by atoms with van der Waals surface area (Å²) in [7, 11) is -3.36. The van der Waals surface area contributed by atoms with Crippen molar-refractivity contribution in [3.8, 4) is 0 Å². The molecule has 96 valence electrons. The highest BCUT2D eigenvalue weighted by molar-refractivity contribution is 7.88. The first-order valence-corrected chi connectivity index (χ1v) is 7.04. The van der Waals surface area contributed by atoms with Gasteiger partial charge in [-0.15, -0.1) is 0 Å². The minimum absolute atomic E-state index is 0.0994. The fourth-order valence-electron chi connectivity index (χ4n) is 1.38. The van der Waals surface area contributed by atoms with E-state index in [-0.39, 0.29) is 12.3 Å². The van der Waals surface area contributed by atoms with E-state index in [0.29, 0.717) is 17.7 Å². The zero-order valence-electron chi connectivity index (χ0n) is 9.76. The highest BCUT2D eigenvalue weighted by atomic mass is 32.2. The Hall–Kier alpha value is -1.11. The first-order chi connectivity index (χ1) is 7.89. The molecule has 1 aromatic carbocycles. The maximum absolute atomic E-state index is 11.7. The molecule has 0 aliphatic rings. The molecule has 6 heteroatoms. The van der Waals surface area contributed by atoms with Gasteiger partial charge in [0.15, 0.2) is 0 Å². The van der Waals surface area contributed by atoms with Crippen LogP contribution in [0.1, 0.15) is 18.9 Å². The molecule has 4 N–H and O–H groups in total. The fourth-order valence-corrected chi connectivity index (χ4v) is 2.53. The van der Waals surface area contributed by atoms with Gasteiger partial charge in [0.1, 0.15) is 0 Å². The van der Waals surface area contributed by atoms with Gasteiger partial charge < -0.3 is 10.8 Å². The van der Waals surface area contributed by atoms with Gasteiger partial charge in [-0.05, 0) is 31.0 Å². The van der Waals surface area contributed by atoms with Gasteiger partial charge in [-0.25, -0.2) is 13.1 Å². The Morgan fingerprint density at radius 3 is 2.76 bits per heavy atom. The van der Waals surface area contributed by atoms with Crippen molar-refractivity contribution in [1.29, 1.82) is 0 Å². The predicted molar refractivity (Wildman–Crippen MR) is 67.8 cm³/mol. The van der Waals surface area contributed by atoms with Gasteiger partial charge in [0, 0.05) is 12.2 Å². The number of nitrogens with one attached hydrogen (secondary N) is 1. The molecule has 1 unspecified atom stereocenters. The van der Waals surface area contributed by atoms with Crippen LogP contribution in [0.25, 0.3) is 0 Å². The Bertz CT molecular complexity index is 458. The lowest BCUT2D eigenvalue weighted by molar-refractivity contribution is 0.186. The third-order valence-electron chi connectivity index (χ3n) is 2.19. The van der Waals surface area contributed by atoms with Crippen molar-refractivity contribution >= 4 is 15.7 Å². The lowest BCUT2D eigenvalue weighted by Crippen LogP contribution is -2.27. The van der Waals surface area contributed by atoms with E-state index in [4.69, 9.17) is 10.8 Å². The number of aliphatic hydroxyl groups excluding tert-OH is 1. The lowest BCUT2D eigenvalue weighted by atomic mass is 10.2. The minimum atomic E-state index is -3.36. The summed E-state index contributed by atoms with van der Waals surface area (Å²) in [5, 5.41) is 9.02. The van der Waals surface area contributed by atoms with Gasteiger partial charge in [0.2, 0.25) is 10.0 Å². The normalized spacial score (nSPS) is 13.5. The van der Waals surface area contributed by atoms with Crippen molar-refractivity contribution in [2.45, 2.75) is 25.2 Å². The van der Waals surface area contributed by atoms with Crippen molar-refractivity contribution in [2.75, 3.05) is 12.3 Å². The number of aliphatic hydroxyl groups is 1. The van der Waals surface area contributed by atoms with Gasteiger partial charge in [-0.3, -0.25) is 0 Å². The van der Waals surface area contributed by atoms with Crippen LogP contribution in [0.3, 0.4) is 0 Å². The first-order valence-electron chi connectivity index (χ1n) is 5.39. The number of anilines is 1. The van der Waals surface area contributed by atoms with Crippen LogP contribution in [-0.2, 0) is 15.8 Å². The van der Waals surface area contributed by atoms with E-state index in [1.54, 1.807) is 31.2 Å². The van der Waals surface area contributed by atoms with Crippen molar-refractivity contribution in [1.82, 2.24) is 4.72 Å². The molecule has 0 radical (unpaired) electrons. The van der Waals surface area contributed by atoms with Crippen LogP contribution in [0.2, 0.25) is 0 Å². The van der Waals surface area contributed by atoms with E-state index in [2.05, 4.69) is 4.72 Å². The van der Waals surface area contributed by atoms with E-state index in [0.717, 1.165) is 0 Å². The molecule has 0 spiro atoms. The van der Waals surface area contributed by atoms with Crippen molar-refractivity contribution in [3.05, 3.63) is 29.8 Å². The summed E-state index contributed by atoms with van der Waals surface area (Å²) >= 11 is 0. The smallest absolute Gasteiger partial charge is 0.215 e.